The molecule has 7 heteroatoms. The second-order valence-corrected chi connectivity index (χ2v) is 8.66. The number of nitrogens with zero attached hydrogens (tertiary/aromatic N) is 3. The Kier molecular flexibility index (Phi) is 6.14. The molecule has 4 aromatic rings. The van der Waals surface area contributed by atoms with Gasteiger partial charge in [0.1, 0.15) is 5.69 Å². The summed E-state index contributed by atoms with van der Waals surface area (Å²) in [4.78, 5) is 28.1. The molecule has 1 aliphatic rings. The molecule has 2 heterocycles. The summed E-state index contributed by atoms with van der Waals surface area (Å²) in [5.41, 5.74) is 3.53. The largest absolute Gasteiger partial charge is 0.340 e. The zero-order valence-corrected chi connectivity index (χ0v) is 19.2. The Bertz CT molecular complexity index is 1280. The molecule has 34 heavy (non-hydrogen) atoms. The van der Waals surface area contributed by atoms with E-state index in [-0.39, 0.29) is 23.6 Å². The van der Waals surface area contributed by atoms with Crippen LogP contribution in [0.5, 0.6) is 0 Å². The maximum absolute atomic E-state index is 13.2. The number of nitrogens with one attached hydrogen (secondary N) is 1. The van der Waals surface area contributed by atoms with Gasteiger partial charge in [-0.3, -0.25) is 14.3 Å². The van der Waals surface area contributed by atoms with E-state index in [0.717, 1.165) is 16.7 Å². The predicted octanol–water partition coefficient (Wildman–Crippen LogP) is 4.71. The molecular formula is C27H23ClN4O2. The normalized spacial score (nSPS) is 13.1. The summed E-state index contributed by atoms with van der Waals surface area (Å²) < 4.78 is 1.62. The van der Waals surface area contributed by atoms with Crippen molar-refractivity contribution in [3.05, 3.63) is 124 Å². The fourth-order valence-corrected chi connectivity index (χ4v) is 4.42. The van der Waals surface area contributed by atoms with Crippen molar-refractivity contribution in [2.45, 2.75) is 19.1 Å². The molecule has 170 valence electrons. The lowest BCUT2D eigenvalue weighted by Gasteiger charge is -2.27. The highest BCUT2D eigenvalue weighted by Crippen LogP contribution is 2.23. The van der Waals surface area contributed by atoms with Gasteiger partial charge < -0.3 is 10.2 Å². The van der Waals surface area contributed by atoms with E-state index in [2.05, 4.69) is 10.4 Å². The first-order valence-electron chi connectivity index (χ1n) is 11.1. The van der Waals surface area contributed by atoms with Crippen LogP contribution in [-0.2, 0) is 13.1 Å². The Balaban J connectivity index is 1.36. The Morgan fingerprint density at radius 2 is 1.59 bits per heavy atom. The second-order valence-electron chi connectivity index (χ2n) is 8.22. The number of halogens is 1. The van der Waals surface area contributed by atoms with Gasteiger partial charge in [-0.1, -0.05) is 84.4 Å². The van der Waals surface area contributed by atoms with Crippen molar-refractivity contribution in [2.24, 2.45) is 0 Å². The summed E-state index contributed by atoms with van der Waals surface area (Å²) in [5, 5.41) is 8.16. The average molecular weight is 471 g/mol. The van der Waals surface area contributed by atoms with E-state index in [1.165, 1.54) is 0 Å². The molecule has 1 aromatic heterocycles. The van der Waals surface area contributed by atoms with Crippen LogP contribution < -0.4 is 5.32 Å². The maximum Gasteiger partial charge on any atom is 0.272 e. The molecule has 0 bridgehead atoms. The van der Waals surface area contributed by atoms with E-state index in [0.29, 0.717) is 30.4 Å². The Hall–Kier alpha value is -3.90. The zero-order chi connectivity index (χ0) is 23.5. The summed E-state index contributed by atoms with van der Waals surface area (Å²) in [5.74, 6) is -0.478. The monoisotopic (exact) mass is 470 g/mol. The third kappa shape index (κ3) is 4.58. The van der Waals surface area contributed by atoms with E-state index in [4.69, 9.17) is 11.6 Å². The number of hydrogen-bond donors (Lipinski definition) is 1. The van der Waals surface area contributed by atoms with Crippen LogP contribution in [0.25, 0.3) is 0 Å². The lowest BCUT2D eigenvalue weighted by atomic mass is 9.98. The minimum Gasteiger partial charge on any atom is -0.340 e. The number of carbonyl (C=O) groups is 2. The number of hydrogen-bond acceptors (Lipinski definition) is 3. The maximum atomic E-state index is 13.2. The van der Waals surface area contributed by atoms with Crippen LogP contribution >= 0.6 is 11.6 Å². The van der Waals surface area contributed by atoms with Crippen LogP contribution in [0, 0.1) is 0 Å². The number of carbonyl (C=O) groups excluding carboxylic acids is 2. The highest BCUT2D eigenvalue weighted by molar-refractivity contribution is 6.30. The molecule has 1 aliphatic heterocycles. The summed E-state index contributed by atoms with van der Waals surface area (Å²) in [6.07, 6.45) is 0. The van der Waals surface area contributed by atoms with Crippen molar-refractivity contribution < 1.29 is 9.59 Å². The first-order valence-corrected chi connectivity index (χ1v) is 11.5. The highest BCUT2D eigenvalue weighted by atomic mass is 35.5. The van der Waals surface area contributed by atoms with Crippen molar-refractivity contribution in [1.29, 1.82) is 0 Å². The summed E-state index contributed by atoms with van der Waals surface area (Å²) in [6.45, 7) is 1.49. The van der Waals surface area contributed by atoms with E-state index in [1.807, 2.05) is 78.9 Å². The number of benzene rings is 3. The summed E-state index contributed by atoms with van der Waals surface area (Å²) in [6, 6.07) is 28.3. The summed E-state index contributed by atoms with van der Waals surface area (Å²) in [7, 11) is 0. The molecule has 5 rings (SSSR count). The molecule has 0 saturated heterocycles. The van der Waals surface area contributed by atoms with Gasteiger partial charge in [0.15, 0.2) is 5.69 Å². The summed E-state index contributed by atoms with van der Waals surface area (Å²) >= 11 is 6.09. The smallest absolute Gasteiger partial charge is 0.272 e. The van der Waals surface area contributed by atoms with Gasteiger partial charge in [0.25, 0.3) is 11.8 Å². The SMILES string of the molecule is O=C(NC(c1ccccc1)c1ccccc1)c1cc2n(n1)CCN(Cc1cccc(Cl)c1)C2=O. The Labute approximate surface area is 202 Å². The molecule has 0 fully saturated rings. The molecule has 0 aliphatic carbocycles. The molecule has 0 radical (unpaired) electrons. The molecule has 1 N–H and O–H groups in total. The zero-order valence-electron chi connectivity index (χ0n) is 18.4. The Morgan fingerprint density at radius 3 is 2.24 bits per heavy atom. The van der Waals surface area contributed by atoms with E-state index >= 15 is 0 Å². The third-order valence-electron chi connectivity index (χ3n) is 5.90. The van der Waals surface area contributed by atoms with Gasteiger partial charge in [-0.15, -0.1) is 0 Å². The van der Waals surface area contributed by atoms with Crippen LogP contribution in [0.3, 0.4) is 0 Å². The topological polar surface area (TPSA) is 67.2 Å². The minimum atomic E-state index is -0.330. The van der Waals surface area contributed by atoms with Crippen LogP contribution in [0.15, 0.2) is 91.0 Å². The van der Waals surface area contributed by atoms with Crippen LogP contribution in [0.1, 0.15) is 43.7 Å². The van der Waals surface area contributed by atoms with Gasteiger partial charge in [0.2, 0.25) is 0 Å². The fraction of sp³-hybridized carbons (Fsp3) is 0.148. The van der Waals surface area contributed by atoms with Gasteiger partial charge in [0.05, 0.1) is 12.6 Å². The lowest BCUT2D eigenvalue weighted by Crippen LogP contribution is -2.39. The van der Waals surface area contributed by atoms with Crippen molar-refractivity contribution in [3.8, 4) is 0 Å². The van der Waals surface area contributed by atoms with Gasteiger partial charge >= 0.3 is 0 Å². The molecule has 6 nitrogen and oxygen atoms in total. The van der Waals surface area contributed by atoms with Gasteiger partial charge in [-0.2, -0.15) is 5.10 Å². The average Bonchev–Trinajstić information content (AvgIpc) is 3.31. The molecule has 0 saturated carbocycles. The lowest BCUT2D eigenvalue weighted by molar-refractivity contribution is 0.0683. The molecule has 3 aromatic carbocycles. The van der Waals surface area contributed by atoms with Crippen molar-refractivity contribution in [2.75, 3.05) is 6.54 Å². The van der Waals surface area contributed by atoms with Crippen LogP contribution in [0.4, 0.5) is 0 Å². The third-order valence-corrected chi connectivity index (χ3v) is 6.14. The van der Waals surface area contributed by atoms with E-state index in [9.17, 15) is 9.59 Å². The van der Waals surface area contributed by atoms with Gasteiger partial charge in [-0.25, -0.2) is 0 Å². The van der Waals surface area contributed by atoms with Crippen molar-refractivity contribution in [1.82, 2.24) is 20.0 Å². The van der Waals surface area contributed by atoms with Crippen molar-refractivity contribution >= 4 is 23.4 Å². The first-order chi connectivity index (χ1) is 16.6. The van der Waals surface area contributed by atoms with E-state index < -0.39 is 0 Å². The number of fused-ring (bicyclic) bond motifs is 1. The van der Waals surface area contributed by atoms with E-state index in [1.54, 1.807) is 21.7 Å². The van der Waals surface area contributed by atoms with Gasteiger partial charge in [-0.05, 0) is 28.8 Å². The van der Waals surface area contributed by atoms with Gasteiger partial charge in [0, 0.05) is 24.2 Å². The second kappa shape index (κ2) is 9.53. The van der Waals surface area contributed by atoms with Crippen LogP contribution in [-0.4, -0.2) is 33.0 Å². The first kappa shape index (κ1) is 21.9. The highest BCUT2D eigenvalue weighted by Gasteiger charge is 2.29. The number of rotatable bonds is 6. The Morgan fingerprint density at radius 1 is 0.912 bits per heavy atom. The predicted molar refractivity (Wildman–Crippen MR) is 131 cm³/mol. The quantitative estimate of drug-likeness (QED) is 0.443. The fourth-order valence-electron chi connectivity index (χ4n) is 4.21. The number of aromatic nitrogens is 2. The molecule has 2 amide bonds. The molecular weight excluding hydrogens is 448 g/mol. The number of amides is 2. The standard InChI is InChI=1S/C27H23ClN4O2/c28-22-13-7-8-19(16-22)18-31-14-15-32-24(27(31)34)17-23(30-32)26(33)29-25(20-9-3-1-4-10-20)21-11-5-2-6-12-21/h1-13,16-17,25H,14-15,18H2,(H,29,33). The van der Waals surface area contributed by atoms with Crippen molar-refractivity contribution in [3.63, 3.8) is 0 Å². The van der Waals surface area contributed by atoms with Crippen LogP contribution in [0.2, 0.25) is 5.02 Å². The molecule has 0 spiro atoms. The molecule has 0 unspecified atom stereocenters. The minimum absolute atomic E-state index is 0.152. The molecule has 0 atom stereocenters.